The van der Waals surface area contributed by atoms with Gasteiger partial charge in [0.25, 0.3) is 0 Å². The van der Waals surface area contributed by atoms with Gasteiger partial charge in [0.05, 0.1) is 0 Å². The number of fused-ring (bicyclic) bond motifs is 1. The minimum Gasteiger partial charge on any atom is -0.485 e. The van der Waals surface area contributed by atoms with Crippen LogP contribution < -0.4 is 10.5 Å². The van der Waals surface area contributed by atoms with E-state index < -0.39 is 0 Å². The number of rotatable bonds is 1. The third kappa shape index (κ3) is 2.64. The maximum Gasteiger partial charge on any atom is 0.126 e. The van der Waals surface area contributed by atoms with Gasteiger partial charge in [0.1, 0.15) is 11.9 Å². The van der Waals surface area contributed by atoms with Crippen LogP contribution >= 0.6 is 27.5 Å². The van der Waals surface area contributed by atoms with Crippen LogP contribution in [0.15, 0.2) is 46.9 Å². The van der Waals surface area contributed by atoms with Gasteiger partial charge >= 0.3 is 0 Å². The number of hydrogen-bond donors (Lipinski definition) is 1. The van der Waals surface area contributed by atoms with Crippen LogP contribution in [0.3, 0.4) is 0 Å². The Hall–Kier alpha value is -1.03. The first kappa shape index (κ1) is 13.0. The number of ether oxygens (including phenoxy) is 1. The van der Waals surface area contributed by atoms with Crippen molar-refractivity contribution in [3.05, 3.63) is 63.1 Å². The van der Waals surface area contributed by atoms with Gasteiger partial charge in [-0.3, -0.25) is 0 Å². The lowest BCUT2D eigenvalue weighted by atomic mass is 9.94. The van der Waals surface area contributed by atoms with E-state index in [1.165, 1.54) is 0 Å². The summed E-state index contributed by atoms with van der Waals surface area (Å²) >= 11 is 9.48. The van der Waals surface area contributed by atoms with Crippen LogP contribution in [0, 0.1) is 0 Å². The van der Waals surface area contributed by atoms with E-state index in [1.807, 2.05) is 30.3 Å². The SMILES string of the molecule is N[C@H]1CC(c2cccc(Br)c2)Oc2ccc(Cl)cc21. The van der Waals surface area contributed by atoms with Crippen molar-refractivity contribution < 1.29 is 4.74 Å². The average molecular weight is 339 g/mol. The Morgan fingerprint density at radius 2 is 2.05 bits per heavy atom. The van der Waals surface area contributed by atoms with Crippen molar-refractivity contribution in [1.82, 2.24) is 0 Å². The Bertz CT molecular complexity index is 617. The molecule has 2 aromatic carbocycles. The molecule has 0 radical (unpaired) electrons. The second kappa shape index (κ2) is 5.16. The third-order valence-electron chi connectivity index (χ3n) is 3.33. The van der Waals surface area contributed by atoms with Crippen molar-refractivity contribution in [2.75, 3.05) is 0 Å². The predicted octanol–water partition coefficient (Wildman–Crippen LogP) is 4.63. The Morgan fingerprint density at radius 1 is 1.21 bits per heavy atom. The van der Waals surface area contributed by atoms with Crippen LogP contribution in [0.5, 0.6) is 5.75 Å². The highest BCUT2D eigenvalue weighted by Crippen LogP contribution is 2.40. The molecule has 1 unspecified atom stereocenters. The van der Waals surface area contributed by atoms with Crippen molar-refractivity contribution in [2.24, 2.45) is 5.73 Å². The van der Waals surface area contributed by atoms with E-state index in [0.29, 0.717) is 5.02 Å². The van der Waals surface area contributed by atoms with Crippen molar-refractivity contribution in [2.45, 2.75) is 18.6 Å². The summed E-state index contributed by atoms with van der Waals surface area (Å²) in [6.45, 7) is 0. The zero-order valence-corrected chi connectivity index (χ0v) is 12.5. The molecule has 0 spiro atoms. The molecule has 0 amide bonds. The lowest BCUT2D eigenvalue weighted by Crippen LogP contribution is -2.24. The summed E-state index contributed by atoms with van der Waals surface area (Å²) in [7, 11) is 0. The molecule has 3 rings (SSSR count). The van der Waals surface area contributed by atoms with E-state index in [1.54, 1.807) is 0 Å². The minimum absolute atomic E-state index is 0.0128. The maximum absolute atomic E-state index is 6.23. The number of benzene rings is 2. The summed E-state index contributed by atoms with van der Waals surface area (Å²) in [5.41, 5.74) is 8.35. The molecule has 2 nitrogen and oxygen atoms in total. The van der Waals surface area contributed by atoms with Crippen LogP contribution in [0.2, 0.25) is 5.02 Å². The fraction of sp³-hybridized carbons (Fsp3) is 0.200. The van der Waals surface area contributed by atoms with Crippen molar-refractivity contribution in [3.63, 3.8) is 0 Å². The molecule has 0 aromatic heterocycles. The summed E-state index contributed by atoms with van der Waals surface area (Å²) in [5.74, 6) is 0.827. The maximum atomic E-state index is 6.23. The second-order valence-corrected chi connectivity index (χ2v) is 6.04. The normalized spacial score (nSPS) is 21.6. The molecule has 2 aromatic rings. The summed E-state index contributed by atoms with van der Waals surface area (Å²) in [4.78, 5) is 0. The van der Waals surface area contributed by atoms with Gasteiger partial charge in [0.2, 0.25) is 0 Å². The molecule has 19 heavy (non-hydrogen) atoms. The molecule has 1 heterocycles. The van der Waals surface area contributed by atoms with E-state index in [2.05, 4.69) is 28.1 Å². The molecular formula is C15H13BrClNO. The topological polar surface area (TPSA) is 35.2 Å². The van der Waals surface area contributed by atoms with Crippen LogP contribution in [0.1, 0.15) is 29.7 Å². The van der Waals surface area contributed by atoms with E-state index in [0.717, 1.165) is 27.8 Å². The zero-order chi connectivity index (χ0) is 13.4. The van der Waals surface area contributed by atoms with Gasteiger partial charge in [-0.15, -0.1) is 0 Å². The molecular weight excluding hydrogens is 326 g/mol. The molecule has 1 aliphatic heterocycles. The Labute approximate surface area is 125 Å². The first-order chi connectivity index (χ1) is 9.13. The van der Waals surface area contributed by atoms with Gasteiger partial charge < -0.3 is 10.5 Å². The Balaban J connectivity index is 1.95. The van der Waals surface area contributed by atoms with Gasteiger partial charge in [-0.2, -0.15) is 0 Å². The second-order valence-electron chi connectivity index (χ2n) is 4.69. The molecule has 1 aliphatic rings. The standard InChI is InChI=1S/C15H13BrClNO/c16-10-3-1-2-9(6-10)15-8-13(18)12-7-11(17)4-5-14(12)19-15/h1-7,13,15H,8,18H2/t13-,15?/m0/s1. The predicted molar refractivity (Wildman–Crippen MR) is 80.5 cm³/mol. The van der Waals surface area contributed by atoms with Crippen molar-refractivity contribution in [1.29, 1.82) is 0 Å². The largest absolute Gasteiger partial charge is 0.485 e. The quantitative estimate of drug-likeness (QED) is 0.823. The van der Waals surface area contributed by atoms with E-state index in [9.17, 15) is 0 Å². The summed E-state index contributed by atoms with van der Waals surface area (Å²) in [6, 6.07) is 13.7. The fourth-order valence-corrected chi connectivity index (χ4v) is 2.98. The van der Waals surface area contributed by atoms with Gasteiger partial charge in [-0.1, -0.05) is 39.7 Å². The van der Waals surface area contributed by atoms with Crippen LogP contribution in [-0.4, -0.2) is 0 Å². The molecule has 0 saturated heterocycles. The Morgan fingerprint density at radius 3 is 2.84 bits per heavy atom. The molecule has 98 valence electrons. The number of nitrogens with two attached hydrogens (primary N) is 1. The first-order valence-electron chi connectivity index (χ1n) is 6.10. The highest BCUT2D eigenvalue weighted by molar-refractivity contribution is 9.10. The molecule has 0 aliphatic carbocycles. The molecule has 0 saturated carbocycles. The zero-order valence-electron chi connectivity index (χ0n) is 10.1. The minimum atomic E-state index is -0.0496. The third-order valence-corrected chi connectivity index (χ3v) is 4.06. The lowest BCUT2D eigenvalue weighted by molar-refractivity contribution is 0.161. The van der Waals surface area contributed by atoms with Gasteiger partial charge in [-0.25, -0.2) is 0 Å². The van der Waals surface area contributed by atoms with Gasteiger partial charge in [-0.05, 0) is 35.9 Å². The number of hydrogen-bond acceptors (Lipinski definition) is 2. The van der Waals surface area contributed by atoms with Crippen molar-refractivity contribution in [3.8, 4) is 5.75 Å². The van der Waals surface area contributed by atoms with Gasteiger partial charge in [0, 0.05) is 27.5 Å². The van der Waals surface area contributed by atoms with Gasteiger partial charge in [0.15, 0.2) is 0 Å². The summed E-state index contributed by atoms with van der Waals surface area (Å²) < 4.78 is 7.08. The number of halogens is 2. The monoisotopic (exact) mass is 337 g/mol. The highest BCUT2D eigenvalue weighted by Gasteiger charge is 2.27. The first-order valence-corrected chi connectivity index (χ1v) is 7.28. The fourth-order valence-electron chi connectivity index (χ4n) is 2.39. The van der Waals surface area contributed by atoms with Crippen LogP contribution in [0.4, 0.5) is 0 Å². The van der Waals surface area contributed by atoms with E-state index >= 15 is 0 Å². The van der Waals surface area contributed by atoms with E-state index in [-0.39, 0.29) is 12.1 Å². The summed E-state index contributed by atoms with van der Waals surface area (Å²) in [6.07, 6.45) is 0.741. The molecule has 2 atom stereocenters. The highest BCUT2D eigenvalue weighted by atomic mass is 79.9. The summed E-state index contributed by atoms with van der Waals surface area (Å²) in [5, 5.41) is 0.693. The molecule has 0 bridgehead atoms. The molecule has 4 heteroatoms. The van der Waals surface area contributed by atoms with Crippen LogP contribution in [-0.2, 0) is 0 Å². The van der Waals surface area contributed by atoms with Crippen LogP contribution in [0.25, 0.3) is 0 Å². The Kier molecular flexibility index (Phi) is 3.52. The average Bonchev–Trinajstić information content (AvgIpc) is 2.39. The van der Waals surface area contributed by atoms with Crippen molar-refractivity contribution >= 4 is 27.5 Å². The molecule has 2 N–H and O–H groups in total. The lowest BCUT2D eigenvalue weighted by Gasteiger charge is -2.30. The molecule has 0 fully saturated rings. The van der Waals surface area contributed by atoms with E-state index in [4.69, 9.17) is 22.1 Å². The smallest absolute Gasteiger partial charge is 0.126 e.